The van der Waals surface area contributed by atoms with Gasteiger partial charge in [-0.05, 0) is 24.3 Å². The van der Waals surface area contributed by atoms with Gasteiger partial charge in [-0.1, -0.05) is 5.43 Å². The molecule has 0 saturated carbocycles. The van der Waals surface area contributed by atoms with Crippen LogP contribution in [0.2, 0.25) is 0 Å². The number of hydrazone groups is 1. The summed E-state index contributed by atoms with van der Waals surface area (Å²) in [6.07, 6.45) is 1.47. The van der Waals surface area contributed by atoms with E-state index in [1.54, 1.807) is 17.6 Å². The summed E-state index contributed by atoms with van der Waals surface area (Å²) >= 11 is 0. The zero-order valence-corrected chi connectivity index (χ0v) is 8.12. The quantitative estimate of drug-likeness (QED) is 0.202. The molecule has 0 aliphatic heterocycles. The fraction of sp³-hybridized carbons (Fsp3) is 0. The Labute approximate surface area is 90.2 Å². The molecule has 0 saturated heterocycles. The van der Waals surface area contributed by atoms with Crippen LogP contribution in [0.5, 0.6) is 5.75 Å². The van der Waals surface area contributed by atoms with Gasteiger partial charge in [0.25, 0.3) is 0 Å². The van der Waals surface area contributed by atoms with Gasteiger partial charge in [-0.25, -0.2) is 10.1 Å². The maximum absolute atomic E-state index is 9.95. The van der Waals surface area contributed by atoms with Crippen LogP contribution in [0, 0.1) is 10.1 Å². The lowest BCUT2D eigenvalue weighted by Gasteiger charge is -1.90. The molecule has 1 aromatic rings. The fourth-order valence-corrected chi connectivity index (χ4v) is 0.865. The molecule has 0 radical (unpaired) electrons. The molecule has 0 aliphatic carbocycles. The molecule has 0 aliphatic rings. The summed E-state index contributed by atoms with van der Waals surface area (Å²) in [7, 11) is 0. The molecular weight excluding hydrogens is 214 g/mol. The van der Waals surface area contributed by atoms with E-state index in [-0.39, 0.29) is 11.7 Å². The van der Waals surface area contributed by atoms with E-state index in [4.69, 9.17) is 10.8 Å². The van der Waals surface area contributed by atoms with Crippen LogP contribution in [-0.2, 0) is 0 Å². The van der Waals surface area contributed by atoms with E-state index in [1.165, 1.54) is 18.3 Å². The molecule has 0 fully saturated rings. The van der Waals surface area contributed by atoms with E-state index >= 15 is 0 Å². The third-order valence-electron chi connectivity index (χ3n) is 1.52. The molecule has 16 heavy (non-hydrogen) atoms. The summed E-state index contributed by atoms with van der Waals surface area (Å²) in [5.41, 5.74) is 7.54. The van der Waals surface area contributed by atoms with Gasteiger partial charge in [-0.2, -0.15) is 0 Å². The van der Waals surface area contributed by atoms with Crippen LogP contribution in [0.1, 0.15) is 5.56 Å². The van der Waals surface area contributed by atoms with Gasteiger partial charge in [-0.15, -0.1) is 5.10 Å². The number of aromatic hydroxyl groups is 1. The summed E-state index contributed by atoms with van der Waals surface area (Å²) in [4.78, 5) is 9.95. The third kappa shape index (κ3) is 4.05. The molecule has 0 unspecified atom stereocenters. The molecular formula is C8H10N5O3+. The van der Waals surface area contributed by atoms with E-state index in [1.807, 2.05) is 0 Å². The summed E-state index contributed by atoms with van der Waals surface area (Å²) in [6.45, 7) is 0. The van der Waals surface area contributed by atoms with E-state index < -0.39 is 5.03 Å². The average Bonchev–Trinajstić information content (AvgIpc) is 2.20. The fourth-order valence-electron chi connectivity index (χ4n) is 0.865. The molecule has 0 amide bonds. The first-order valence-electron chi connectivity index (χ1n) is 4.20. The van der Waals surface area contributed by atoms with E-state index in [2.05, 4.69) is 10.2 Å². The van der Waals surface area contributed by atoms with Crippen LogP contribution in [0.4, 0.5) is 0 Å². The summed E-state index contributed by atoms with van der Waals surface area (Å²) in [5.74, 6) is -0.213. The van der Waals surface area contributed by atoms with Crippen molar-refractivity contribution in [2.75, 3.05) is 0 Å². The molecule has 84 valence electrons. The van der Waals surface area contributed by atoms with E-state index in [0.29, 0.717) is 0 Å². The molecule has 0 spiro atoms. The maximum atomic E-state index is 9.95. The predicted molar refractivity (Wildman–Crippen MR) is 56.0 cm³/mol. The van der Waals surface area contributed by atoms with Gasteiger partial charge in [0.15, 0.2) is 5.03 Å². The lowest BCUT2D eigenvalue weighted by molar-refractivity contribution is -0.528. The molecule has 1 aromatic carbocycles. The first-order valence-corrected chi connectivity index (χ1v) is 4.20. The Kier molecular flexibility index (Phi) is 3.78. The molecule has 0 heterocycles. The Bertz CT molecular complexity index is 426. The molecule has 0 bridgehead atoms. The highest BCUT2D eigenvalue weighted by atomic mass is 16.7. The number of phenols is 1. The standard InChI is InChI=1S/C8H9N5O3/c9-8(12-13(15)16)11-10-5-6-1-3-7(14)4-2-6/h1-5,14H,(H3,9,11,12)/p+1. The van der Waals surface area contributed by atoms with Crippen LogP contribution in [-0.4, -0.2) is 22.3 Å². The molecule has 1 rings (SSSR count). The maximum Gasteiger partial charge on any atom is 0.319 e. The Morgan fingerprint density at radius 2 is 2.19 bits per heavy atom. The second kappa shape index (κ2) is 5.29. The Morgan fingerprint density at radius 3 is 2.75 bits per heavy atom. The molecule has 0 aromatic heterocycles. The minimum Gasteiger partial charge on any atom is -0.508 e. The zero-order valence-electron chi connectivity index (χ0n) is 8.12. The lowest BCUT2D eigenvalue weighted by atomic mass is 10.2. The highest BCUT2D eigenvalue weighted by molar-refractivity contribution is 5.77. The monoisotopic (exact) mass is 224 g/mol. The first-order chi connectivity index (χ1) is 7.58. The van der Waals surface area contributed by atoms with Crippen molar-refractivity contribution in [2.45, 2.75) is 0 Å². The normalized spacial score (nSPS) is 11.6. The van der Waals surface area contributed by atoms with E-state index in [9.17, 15) is 10.1 Å². The van der Waals surface area contributed by atoms with E-state index in [0.717, 1.165) is 5.56 Å². The summed E-state index contributed by atoms with van der Waals surface area (Å²) in [5, 5.41) is 24.0. The summed E-state index contributed by atoms with van der Waals surface area (Å²) < 4.78 is 0. The average molecular weight is 224 g/mol. The molecule has 8 heteroatoms. The topological polar surface area (TPSA) is 128 Å². The second-order valence-electron chi connectivity index (χ2n) is 2.73. The molecule has 8 nitrogen and oxygen atoms in total. The number of phenolic OH excluding ortho intramolecular Hbond substituents is 1. The van der Waals surface area contributed by atoms with Crippen LogP contribution in [0.3, 0.4) is 0 Å². The number of guanidine groups is 1. The number of nitrogens with zero attached hydrogens (tertiary/aromatic N) is 2. The lowest BCUT2D eigenvalue weighted by Crippen LogP contribution is -2.64. The number of hydrogen-bond acceptors (Lipinski definition) is 4. The van der Waals surface area contributed by atoms with Gasteiger partial charge in [-0.3, -0.25) is 0 Å². The third-order valence-corrected chi connectivity index (χ3v) is 1.52. The zero-order chi connectivity index (χ0) is 12.0. The van der Waals surface area contributed by atoms with Crippen molar-refractivity contribution in [1.82, 2.24) is 5.43 Å². The Hall–Kier alpha value is -2.64. The van der Waals surface area contributed by atoms with Gasteiger partial charge in [0, 0.05) is 10.7 Å². The van der Waals surface area contributed by atoms with Gasteiger partial charge in [0.05, 0.1) is 0 Å². The second-order valence-corrected chi connectivity index (χ2v) is 2.73. The number of benzene rings is 1. The minimum absolute atomic E-state index is 0.148. The van der Waals surface area contributed by atoms with Gasteiger partial charge < -0.3 is 10.8 Å². The van der Waals surface area contributed by atoms with Crippen LogP contribution in [0.25, 0.3) is 0 Å². The Morgan fingerprint density at radius 1 is 1.56 bits per heavy atom. The van der Waals surface area contributed by atoms with Crippen molar-refractivity contribution in [2.24, 2.45) is 10.8 Å². The summed E-state index contributed by atoms with van der Waals surface area (Å²) in [6, 6.07) is 6.26. The largest absolute Gasteiger partial charge is 0.508 e. The van der Waals surface area contributed by atoms with Crippen LogP contribution < -0.4 is 16.3 Å². The number of nitrogens with one attached hydrogen (secondary N) is 2. The number of nitrogens with two attached hydrogens (primary N) is 1. The number of nitro groups is 1. The Balaban J connectivity index is 2.60. The van der Waals surface area contributed by atoms with Crippen molar-refractivity contribution in [3.8, 4) is 5.75 Å². The van der Waals surface area contributed by atoms with Crippen molar-refractivity contribution in [3.63, 3.8) is 0 Å². The molecule has 5 N–H and O–H groups in total. The van der Waals surface area contributed by atoms with Crippen molar-refractivity contribution in [3.05, 3.63) is 39.9 Å². The molecule has 0 atom stereocenters. The number of hydrazine groups is 1. The number of hydrogen-bond donors (Lipinski definition) is 4. The van der Waals surface area contributed by atoms with Crippen molar-refractivity contribution < 1.29 is 15.2 Å². The van der Waals surface area contributed by atoms with Gasteiger partial charge in [0.2, 0.25) is 6.21 Å². The van der Waals surface area contributed by atoms with Gasteiger partial charge in [0.1, 0.15) is 5.75 Å². The number of rotatable bonds is 3. The van der Waals surface area contributed by atoms with Crippen molar-refractivity contribution >= 4 is 12.2 Å². The van der Waals surface area contributed by atoms with Gasteiger partial charge >= 0.3 is 5.96 Å². The minimum atomic E-state index is -0.818. The highest BCUT2D eigenvalue weighted by Crippen LogP contribution is 2.06. The van der Waals surface area contributed by atoms with Crippen LogP contribution in [0.15, 0.2) is 29.4 Å². The SMILES string of the molecule is NC(=N[NH+]=Cc1ccc(O)cc1)N[N+](=O)[O-]. The highest BCUT2D eigenvalue weighted by Gasteiger charge is 2.00. The predicted octanol–water partition coefficient (Wildman–Crippen LogP) is -2.10. The van der Waals surface area contributed by atoms with Crippen molar-refractivity contribution in [1.29, 1.82) is 0 Å². The smallest absolute Gasteiger partial charge is 0.319 e. The first kappa shape index (κ1) is 11.4. The van der Waals surface area contributed by atoms with Crippen LogP contribution >= 0.6 is 0 Å².